The van der Waals surface area contributed by atoms with Gasteiger partial charge in [0.15, 0.2) is 0 Å². The third-order valence-electron chi connectivity index (χ3n) is 4.61. The summed E-state index contributed by atoms with van der Waals surface area (Å²) in [5.41, 5.74) is 1.93. The molecule has 0 unspecified atom stereocenters. The minimum absolute atomic E-state index is 0.0924. The SMILES string of the molecule is CN(C)S(=O)(=O)c1ccc(C(=O)Nc2ccccc2C(=O)NCc2ccccc2)cc1. The largest absolute Gasteiger partial charge is 0.348 e. The predicted molar refractivity (Wildman–Crippen MR) is 119 cm³/mol. The molecule has 3 aromatic carbocycles. The summed E-state index contributed by atoms with van der Waals surface area (Å²) in [5.74, 6) is -0.760. The van der Waals surface area contributed by atoms with Crippen molar-refractivity contribution in [2.45, 2.75) is 11.4 Å². The molecule has 0 aliphatic heterocycles. The molecule has 0 saturated carbocycles. The average molecular weight is 438 g/mol. The number of carbonyl (C=O) groups is 2. The van der Waals surface area contributed by atoms with E-state index < -0.39 is 15.9 Å². The summed E-state index contributed by atoms with van der Waals surface area (Å²) in [7, 11) is -0.696. The number of amides is 2. The molecule has 31 heavy (non-hydrogen) atoms. The van der Waals surface area contributed by atoms with Crippen LogP contribution >= 0.6 is 0 Å². The highest BCUT2D eigenvalue weighted by molar-refractivity contribution is 7.89. The van der Waals surface area contributed by atoms with E-state index in [1.807, 2.05) is 30.3 Å². The Balaban J connectivity index is 1.73. The highest BCUT2D eigenvalue weighted by Crippen LogP contribution is 2.18. The lowest BCUT2D eigenvalue weighted by atomic mass is 10.1. The molecule has 0 fully saturated rings. The number of benzene rings is 3. The number of hydrogen-bond donors (Lipinski definition) is 2. The monoisotopic (exact) mass is 437 g/mol. The number of anilines is 1. The number of rotatable bonds is 7. The zero-order valence-electron chi connectivity index (χ0n) is 17.2. The van der Waals surface area contributed by atoms with Crippen LogP contribution in [-0.2, 0) is 16.6 Å². The molecule has 0 atom stereocenters. The maximum Gasteiger partial charge on any atom is 0.255 e. The van der Waals surface area contributed by atoms with Gasteiger partial charge in [-0.3, -0.25) is 9.59 Å². The molecule has 8 heteroatoms. The lowest BCUT2D eigenvalue weighted by molar-refractivity contribution is 0.0951. The fraction of sp³-hybridized carbons (Fsp3) is 0.130. The van der Waals surface area contributed by atoms with Gasteiger partial charge in [-0.05, 0) is 42.0 Å². The Kier molecular flexibility index (Phi) is 6.84. The molecular formula is C23H23N3O4S. The fourth-order valence-electron chi connectivity index (χ4n) is 2.85. The smallest absolute Gasteiger partial charge is 0.255 e. The summed E-state index contributed by atoms with van der Waals surface area (Å²) in [6, 6.07) is 21.8. The van der Waals surface area contributed by atoms with Crippen molar-refractivity contribution in [3.63, 3.8) is 0 Å². The second-order valence-corrected chi connectivity index (χ2v) is 9.13. The van der Waals surface area contributed by atoms with E-state index in [0.29, 0.717) is 17.8 Å². The first-order chi connectivity index (χ1) is 14.8. The minimum Gasteiger partial charge on any atom is -0.348 e. The van der Waals surface area contributed by atoms with E-state index in [1.54, 1.807) is 24.3 Å². The zero-order chi connectivity index (χ0) is 22.4. The topological polar surface area (TPSA) is 95.6 Å². The van der Waals surface area contributed by atoms with Crippen LogP contribution in [0.1, 0.15) is 26.3 Å². The molecule has 0 aliphatic carbocycles. The molecular weight excluding hydrogens is 414 g/mol. The van der Waals surface area contributed by atoms with Crippen LogP contribution in [0.2, 0.25) is 0 Å². The molecule has 0 aliphatic rings. The van der Waals surface area contributed by atoms with Crippen molar-refractivity contribution >= 4 is 27.5 Å². The van der Waals surface area contributed by atoms with Crippen LogP contribution in [0, 0.1) is 0 Å². The highest BCUT2D eigenvalue weighted by atomic mass is 32.2. The molecule has 7 nitrogen and oxygen atoms in total. The van der Waals surface area contributed by atoms with Gasteiger partial charge in [-0.15, -0.1) is 0 Å². The molecule has 0 saturated heterocycles. The van der Waals surface area contributed by atoms with Crippen molar-refractivity contribution in [3.05, 3.63) is 95.6 Å². The predicted octanol–water partition coefficient (Wildman–Crippen LogP) is 3.12. The quantitative estimate of drug-likeness (QED) is 0.594. The molecule has 0 heterocycles. The van der Waals surface area contributed by atoms with Crippen molar-refractivity contribution < 1.29 is 18.0 Å². The Labute approximate surface area is 181 Å². The molecule has 0 aromatic heterocycles. The lowest BCUT2D eigenvalue weighted by Crippen LogP contribution is -2.25. The molecule has 2 amide bonds. The number of hydrogen-bond acceptors (Lipinski definition) is 4. The molecule has 0 radical (unpaired) electrons. The number of nitrogens with zero attached hydrogens (tertiary/aromatic N) is 1. The van der Waals surface area contributed by atoms with Gasteiger partial charge in [0.1, 0.15) is 0 Å². The summed E-state index contributed by atoms with van der Waals surface area (Å²) in [5, 5.41) is 5.57. The summed E-state index contributed by atoms with van der Waals surface area (Å²) in [4.78, 5) is 25.4. The van der Waals surface area contributed by atoms with Crippen molar-refractivity contribution in [1.82, 2.24) is 9.62 Å². The van der Waals surface area contributed by atoms with E-state index in [-0.39, 0.29) is 16.4 Å². The van der Waals surface area contributed by atoms with Crippen molar-refractivity contribution in [3.8, 4) is 0 Å². The van der Waals surface area contributed by atoms with Crippen molar-refractivity contribution in [1.29, 1.82) is 0 Å². The van der Waals surface area contributed by atoms with Crippen LogP contribution < -0.4 is 10.6 Å². The second kappa shape index (κ2) is 9.55. The number of sulfonamides is 1. The van der Waals surface area contributed by atoms with Crippen LogP contribution in [0.4, 0.5) is 5.69 Å². The maximum atomic E-state index is 12.7. The first kappa shape index (κ1) is 22.2. The van der Waals surface area contributed by atoms with Gasteiger partial charge in [0.25, 0.3) is 11.8 Å². The normalized spacial score (nSPS) is 11.2. The highest BCUT2D eigenvalue weighted by Gasteiger charge is 2.18. The van der Waals surface area contributed by atoms with E-state index in [9.17, 15) is 18.0 Å². The van der Waals surface area contributed by atoms with Crippen molar-refractivity contribution in [2.75, 3.05) is 19.4 Å². The third-order valence-corrected chi connectivity index (χ3v) is 6.44. The Morgan fingerprint density at radius 3 is 2.06 bits per heavy atom. The molecule has 0 bridgehead atoms. The molecule has 0 spiro atoms. The Bertz CT molecular complexity index is 1170. The van der Waals surface area contributed by atoms with E-state index >= 15 is 0 Å². The second-order valence-electron chi connectivity index (χ2n) is 6.98. The van der Waals surface area contributed by atoms with E-state index in [0.717, 1.165) is 9.87 Å². The van der Waals surface area contributed by atoms with Crippen LogP contribution in [0.25, 0.3) is 0 Å². The van der Waals surface area contributed by atoms with E-state index in [4.69, 9.17) is 0 Å². The Morgan fingerprint density at radius 1 is 0.806 bits per heavy atom. The zero-order valence-corrected chi connectivity index (χ0v) is 18.0. The lowest BCUT2D eigenvalue weighted by Gasteiger charge is -2.13. The number of nitrogens with one attached hydrogen (secondary N) is 2. The maximum absolute atomic E-state index is 12.7. The summed E-state index contributed by atoms with van der Waals surface area (Å²) < 4.78 is 25.4. The van der Waals surface area contributed by atoms with Crippen LogP contribution in [0.15, 0.2) is 83.8 Å². The fourth-order valence-corrected chi connectivity index (χ4v) is 3.75. The first-order valence-corrected chi connectivity index (χ1v) is 11.0. The van der Waals surface area contributed by atoms with Gasteiger partial charge in [0, 0.05) is 26.2 Å². The number of para-hydroxylation sites is 1. The summed E-state index contributed by atoms with van der Waals surface area (Å²) >= 11 is 0. The van der Waals surface area contributed by atoms with Gasteiger partial charge in [-0.25, -0.2) is 12.7 Å². The van der Waals surface area contributed by atoms with Gasteiger partial charge in [0.05, 0.1) is 16.1 Å². The van der Waals surface area contributed by atoms with Crippen molar-refractivity contribution in [2.24, 2.45) is 0 Å². The van der Waals surface area contributed by atoms with Gasteiger partial charge >= 0.3 is 0 Å². The van der Waals surface area contributed by atoms with Crippen LogP contribution in [0.5, 0.6) is 0 Å². The number of carbonyl (C=O) groups excluding carboxylic acids is 2. The summed E-state index contributed by atoms with van der Waals surface area (Å²) in [6.07, 6.45) is 0. The van der Waals surface area contributed by atoms with Gasteiger partial charge in [-0.2, -0.15) is 0 Å². The van der Waals surface area contributed by atoms with E-state index in [2.05, 4.69) is 10.6 Å². The van der Waals surface area contributed by atoms with Gasteiger partial charge in [-0.1, -0.05) is 42.5 Å². The first-order valence-electron chi connectivity index (χ1n) is 9.54. The third kappa shape index (κ3) is 5.36. The standard InChI is InChI=1S/C23H23N3O4S/c1-26(2)31(29,30)19-14-12-18(13-15-19)22(27)25-21-11-7-6-10-20(21)23(28)24-16-17-8-4-3-5-9-17/h3-15H,16H2,1-2H3,(H,24,28)(H,25,27). The van der Waals surface area contributed by atoms with Gasteiger partial charge < -0.3 is 10.6 Å². The Morgan fingerprint density at radius 2 is 1.42 bits per heavy atom. The Hall–Kier alpha value is -3.49. The summed E-state index contributed by atoms with van der Waals surface area (Å²) in [6.45, 7) is 0.365. The molecule has 3 aromatic rings. The van der Waals surface area contributed by atoms with E-state index in [1.165, 1.54) is 38.4 Å². The molecule has 3 rings (SSSR count). The van der Waals surface area contributed by atoms with Gasteiger partial charge in [0.2, 0.25) is 10.0 Å². The molecule has 2 N–H and O–H groups in total. The van der Waals surface area contributed by atoms with Crippen LogP contribution in [0.3, 0.4) is 0 Å². The average Bonchev–Trinajstić information content (AvgIpc) is 2.78. The molecule has 160 valence electrons. The minimum atomic E-state index is -3.58. The van der Waals surface area contributed by atoms with Crippen LogP contribution in [-0.4, -0.2) is 38.6 Å².